The summed E-state index contributed by atoms with van der Waals surface area (Å²) >= 11 is 7.48. The number of anilines is 1. The number of ether oxygens (including phenoxy) is 1. The second-order valence-corrected chi connectivity index (χ2v) is 6.69. The van der Waals surface area contributed by atoms with E-state index < -0.39 is 0 Å². The van der Waals surface area contributed by atoms with Crippen LogP contribution in [-0.4, -0.2) is 24.5 Å². The number of rotatable bonds is 6. The molecule has 0 radical (unpaired) electrons. The number of hydrogen-bond acceptors (Lipinski definition) is 4. The number of thiazole rings is 1. The van der Waals surface area contributed by atoms with Crippen molar-refractivity contribution in [1.29, 1.82) is 0 Å². The van der Waals surface area contributed by atoms with Crippen molar-refractivity contribution < 1.29 is 9.53 Å². The van der Waals surface area contributed by atoms with Crippen molar-refractivity contribution in [2.24, 2.45) is 0 Å². The number of benzene rings is 1. The van der Waals surface area contributed by atoms with Gasteiger partial charge in [0.25, 0.3) is 0 Å². The highest BCUT2D eigenvalue weighted by molar-refractivity contribution is 7.15. The minimum absolute atomic E-state index is 0.0465. The predicted octanol–water partition coefficient (Wildman–Crippen LogP) is 4.24. The zero-order chi connectivity index (χ0) is 16.1. The number of carbonyl (C=O) groups excluding carboxylic acids is 1. The van der Waals surface area contributed by atoms with Crippen LogP contribution in [0.2, 0.25) is 5.02 Å². The topological polar surface area (TPSA) is 42.4 Å². The van der Waals surface area contributed by atoms with Crippen LogP contribution < -0.4 is 9.64 Å². The maximum absolute atomic E-state index is 12.1. The first-order valence-electron chi connectivity index (χ1n) is 7.05. The second-order valence-electron chi connectivity index (χ2n) is 5.07. The molecular formula is C16H19ClN2O2S. The first-order valence-corrected chi connectivity index (χ1v) is 8.25. The fourth-order valence-corrected chi connectivity index (χ4v) is 2.75. The summed E-state index contributed by atoms with van der Waals surface area (Å²) < 4.78 is 5.64. The van der Waals surface area contributed by atoms with E-state index in [2.05, 4.69) is 4.98 Å². The van der Waals surface area contributed by atoms with Gasteiger partial charge in [-0.1, -0.05) is 11.6 Å². The van der Waals surface area contributed by atoms with Crippen molar-refractivity contribution in [1.82, 2.24) is 4.98 Å². The summed E-state index contributed by atoms with van der Waals surface area (Å²) in [4.78, 5) is 19.0. The van der Waals surface area contributed by atoms with Gasteiger partial charge in [-0.3, -0.25) is 9.69 Å². The van der Waals surface area contributed by atoms with E-state index in [1.54, 1.807) is 18.1 Å². The number of carbonyl (C=O) groups is 1. The summed E-state index contributed by atoms with van der Waals surface area (Å²) in [6.07, 6.45) is 2.87. The molecule has 2 aromatic rings. The summed E-state index contributed by atoms with van der Waals surface area (Å²) in [5.41, 5.74) is 0.981. The first kappa shape index (κ1) is 16.8. The smallest absolute Gasteiger partial charge is 0.228 e. The van der Waals surface area contributed by atoms with Crippen LogP contribution in [0.25, 0.3) is 0 Å². The van der Waals surface area contributed by atoms with Gasteiger partial charge in [0.2, 0.25) is 5.91 Å². The van der Waals surface area contributed by atoms with Crippen LogP contribution in [0.3, 0.4) is 0 Å². The molecule has 0 saturated heterocycles. The Bertz CT molecular complexity index is 657. The lowest BCUT2D eigenvalue weighted by Gasteiger charge is -2.13. The minimum atomic E-state index is 0.0465. The zero-order valence-corrected chi connectivity index (χ0v) is 14.5. The average molecular weight is 339 g/mol. The fraction of sp³-hybridized carbons (Fsp3) is 0.375. The third kappa shape index (κ3) is 4.45. The Morgan fingerprint density at radius 1 is 1.41 bits per heavy atom. The van der Waals surface area contributed by atoms with Crippen molar-refractivity contribution in [3.63, 3.8) is 0 Å². The third-order valence-electron chi connectivity index (χ3n) is 3.20. The van der Waals surface area contributed by atoms with Crippen molar-refractivity contribution >= 4 is 34.0 Å². The molecule has 0 aliphatic heterocycles. The summed E-state index contributed by atoms with van der Waals surface area (Å²) in [5, 5.41) is 1.46. The summed E-state index contributed by atoms with van der Waals surface area (Å²) in [6, 6.07) is 5.55. The number of nitrogens with zero attached hydrogens (tertiary/aromatic N) is 2. The molecule has 1 aromatic heterocycles. The fourth-order valence-electron chi connectivity index (χ4n) is 1.89. The van der Waals surface area contributed by atoms with Gasteiger partial charge < -0.3 is 4.74 Å². The summed E-state index contributed by atoms with van der Waals surface area (Å²) in [5.74, 6) is 0.823. The van der Waals surface area contributed by atoms with Gasteiger partial charge in [-0.15, -0.1) is 11.3 Å². The molecule has 2 rings (SSSR count). The number of hydrogen-bond donors (Lipinski definition) is 0. The molecule has 118 valence electrons. The van der Waals surface area contributed by atoms with Gasteiger partial charge in [-0.2, -0.15) is 0 Å². The maximum atomic E-state index is 12.1. The quantitative estimate of drug-likeness (QED) is 0.740. The highest BCUT2D eigenvalue weighted by atomic mass is 35.5. The molecule has 0 atom stereocenters. The van der Waals surface area contributed by atoms with Crippen LogP contribution in [0.5, 0.6) is 5.75 Å². The van der Waals surface area contributed by atoms with E-state index >= 15 is 0 Å². The van der Waals surface area contributed by atoms with Crippen LogP contribution in [0.4, 0.5) is 5.13 Å². The number of amides is 1. The molecule has 0 fully saturated rings. The van der Waals surface area contributed by atoms with Crippen LogP contribution in [0, 0.1) is 13.8 Å². The molecule has 1 amide bonds. The standard InChI is InChI=1S/C16H19ClN2O2S/c1-11-9-13(6-7-14(11)17)21-8-4-5-15(20)19(3)16-18-10-12(2)22-16/h6-7,9-10H,4-5,8H2,1-3H3. The lowest BCUT2D eigenvalue weighted by Crippen LogP contribution is -2.26. The number of halogens is 1. The Labute approximate surface area is 139 Å². The summed E-state index contributed by atoms with van der Waals surface area (Å²) in [7, 11) is 1.75. The van der Waals surface area contributed by atoms with E-state index in [0.717, 1.165) is 26.3 Å². The molecular weight excluding hydrogens is 320 g/mol. The van der Waals surface area contributed by atoms with Gasteiger partial charge in [0.15, 0.2) is 5.13 Å². The molecule has 22 heavy (non-hydrogen) atoms. The van der Waals surface area contributed by atoms with Gasteiger partial charge in [-0.05, 0) is 44.0 Å². The molecule has 1 heterocycles. The van der Waals surface area contributed by atoms with Crippen molar-refractivity contribution in [3.05, 3.63) is 39.9 Å². The first-order chi connectivity index (χ1) is 10.5. The number of aryl methyl sites for hydroxylation is 2. The van der Waals surface area contributed by atoms with Crippen LogP contribution in [0.15, 0.2) is 24.4 Å². The number of aromatic nitrogens is 1. The molecule has 0 saturated carbocycles. The monoisotopic (exact) mass is 338 g/mol. The minimum Gasteiger partial charge on any atom is -0.494 e. The molecule has 0 aliphatic carbocycles. The van der Waals surface area contributed by atoms with E-state index in [9.17, 15) is 4.79 Å². The van der Waals surface area contributed by atoms with Crippen molar-refractivity contribution in [2.75, 3.05) is 18.6 Å². The van der Waals surface area contributed by atoms with Crippen LogP contribution in [0.1, 0.15) is 23.3 Å². The van der Waals surface area contributed by atoms with E-state index in [4.69, 9.17) is 16.3 Å². The maximum Gasteiger partial charge on any atom is 0.228 e. The normalized spacial score (nSPS) is 10.5. The van der Waals surface area contributed by atoms with E-state index in [1.165, 1.54) is 11.3 Å². The molecule has 1 aromatic carbocycles. The molecule has 4 nitrogen and oxygen atoms in total. The SMILES string of the molecule is Cc1cnc(N(C)C(=O)CCCOc2ccc(Cl)c(C)c2)s1. The molecule has 6 heteroatoms. The largest absolute Gasteiger partial charge is 0.494 e. The molecule has 0 aliphatic rings. The highest BCUT2D eigenvalue weighted by Crippen LogP contribution is 2.22. The van der Waals surface area contributed by atoms with Gasteiger partial charge in [0, 0.05) is 29.6 Å². The van der Waals surface area contributed by atoms with Crippen molar-refractivity contribution in [2.45, 2.75) is 26.7 Å². The molecule has 0 unspecified atom stereocenters. The Morgan fingerprint density at radius 2 is 2.18 bits per heavy atom. The van der Waals surface area contributed by atoms with Gasteiger partial charge in [0.1, 0.15) is 5.75 Å². The zero-order valence-electron chi connectivity index (χ0n) is 12.9. The summed E-state index contributed by atoms with van der Waals surface area (Å²) in [6.45, 7) is 4.41. The third-order valence-corrected chi connectivity index (χ3v) is 4.62. The predicted molar refractivity (Wildman–Crippen MR) is 91.2 cm³/mol. The average Bonchev–Trinajstić information content (AvgIpc) is 2.92. The Hall–Kier alpha value is -1.59. The second kappa shape index (κ2) is 7.61. The Kier molecular flexibility index (Phi) is 5.80. The Morgan fingerprint density at radius 3 is 2.82 bits per heavy atom. The lowest BCUT2D eigenvalue weighted by atomic mass is 10.2. The molecule has 0 bridgehead atoms. The van der Waals surface area contributed by atoms with Gasteiger partial charge in [0.05, 0.1) is 6.61 Å². The van der Waals surface area contributed by atoms with Gasteiger partial charge in [-0.25, -0.2) is 4.98 Å². The molecule has 0 spiro atoms. The highest BCUT2D eigenvalue weighted by Gasteiger charge is 2.13. The van der Waals surface area contributed by atoms with E-state index in [1.807, 2.05) is 32.0 Å². The Balaban J connectivity index is 1.76. The van der Waals surface area contributed by atoms with E-state index in [0.29, 0.717) is 19.4 Å². The van der Waals surface area contributed by atoms with Crippen molar-refractivity contribution in [3.8, 4) is 5.75 Å². The molecule has 0 N–H and O–H groups in total. The van der Waals surface area contributed by atoms with Gasteiger partial charge >= 0.3 is 0 Å². The van der Waals surface area contributed by atoms with E-state index in [-0.39, 0.29) is 5.91 Å². The van der Waals surface area contributed by atoms with Crippen LogP contribution >= 0.6 is 22.9 Å². The lowest BCUT2D eigenvalue weighted by molar-refractivity contribution is -0.118. The van der Waals surface area contributed by atoms with Crippen LogP contribution in [-0.2, 0) is 4.79 Å².